The van der Waals surface area contributed by atoms with Gasteiger partial charge in [0.1, 0.15) is 0 Å². The van der Waals surface area contributed by atoms with Crippen LogP contribution in [0.4, 0.5) is 0 Å². The van der Waals surface area contributed by atoms with Crippen molar-refractivity contribution in [2.45, 2.75) is 193 Å². The first-order chi connectivity index (χ1) is 17.3. The van der Waals surface area contributed by atoms with Gasteiger partial charge < -0.3 is 14.9 Å². The molecule has 35 heavy (non-hydrogen) atoms. The fraction of sp³-hybridized carbons (Fsp3) is 1.00. The molecule has 0 heterocycles. The Kier molecular flexibility index (Phi) is 30.0. The Labute approximate surface area is 221 Å². The van der Waals surface area contributed by atoms with Gasteiger partial charge in [-0.2, -0.15) is 0 Å². The summed E-state index contributed by atoms with van der Waals surface area (Å²) in [6.45, 7) is 5.16. The summed E-state index contributed by atoms with van der Waals surface area (Å²) < 4.78 is 6.72. The van der Waals surface area contributed by atoms with E-state index in [1.807, 2.05) is 0 Å². The van der Waals surface area contributed by atoms with Gasteiger partial charge in [0.25, 0.3) is 0 Å². The van der Waals surface area contributed by atoms with Crippen LogP contribution in [0.3, 0.4) is 0 Å². The molecule has 0 spiro atoms. The minimum atomic E-state index is 0.295. The summed E-state index contributed by atoms with van der Waals surface area (Å²) >= 11 is 0. The van der Waals surface area contributed by atoms with E-state index in [1.54, 1.807) is 0 Å². The van der Waals surface area contributed by atoms with Gasteiger partial charge in [0.15, 0.2) is 0 Å². The van der Waals surface area contributed by atoms with Crippen LogP contribution >= 0.6 is 0 Å². The summed E-state index contributed by atoms with van der Waals surface area (Å²) in [7, 11) is 0. The molecular formula is C32H66O3. The fourth-order valence-corrected chi connectivity index (χ4v) is 5.17. The van der Waals surface area contributed by atoms with E-state index >= 15 is 0 Å². The summed E-state index contributed by atoms with van der Waals surface area (Å²) in [5.74, 6) is 0. The highest BCUT2D eigenvalue weighted by atomic mass is 16.5. The minimum absolute atomic E-state index is 0.295. The second-order valence-corrected chi connectivity index (χ2v) is 11.1. The summed E-state index contributed by atoms with van der Waals surface area (Å²) in [6, 6.07) is 0. The Balaban J connectivity index is 4.27. The van der Waals surface area contributed by atoms with Crippen molar-refractivity contribution in [2.24, 2.45) is 0 Å². The van der Waals surface area contributed by atoms with Gasteiger partial charge in [-0.15, -0.1) is 0 Å². The first-order valence-corrected chi connectivity index (χ1v) is 16.2. The molecule has 2 unspecified atom stereocenters. The molecule has 0 rings (SSSR count). The molecule has 0 amide bonds. The third kappa shape index (κ3) is 26.7. The standard InChI is InChI=1S/C32H66O3/c1-3-5-7-9-11-13-15-17-19-25-31(27-21-23-29-33)35-32(28-22-24-30-34)26-20-18-16-14-12-10-8-6-4-2/h31-34H,3-30H2,1-2H3. The van der Waals surface area contributed by atoms with E-state index in [0.717, 1.165) is 38.5 Å². The largest absolute Gasteiger partial charge is 0.396 e. The van der Waals surface area contributed by atoms with Crippen LogP contribution in [0.25, 0.3) is 0 Å². The van der Waals surface area contributed by atoms with Gasteiger partial charge in [-0.05, 0) is 51.4 Å². The van der Waals surface area contributed by atoms with Crippen molar-refractivity contribution in [3.63, 3.8) is 0 Å². The maximum Gasteiger partial charge on any atom is 0.0579 e. The summed E-state index contributed by atoms with van der Waals surface area (Å²) in [5, 5.41) is 18.5. The van der Waals surface area contributed by atoms with Gasteiger partial charge in [0.2, 0.25) is 0 Å². The fourth-order valence-electron chi connectivity index (χ4n) is 5.17. The lowest BCUT2D eigenvalue weighted by Gasteiger charge is -2.26. The molecule has 0 fully saturated rings. The predicted molar refractivity (Wildman–Crippen MR) is 154 cm³/mol. The first kappa shape index (κ1) is 34.9. The average molecular weight is 499 g/mol. The second-order valence-electron chi connectivity index (χ2n) is 11.1. The molecule has 0 aliphatic heterocycles. The molecular weight excluding hydrogens is 432 g/mol. The lowest BCUT2D eigenvalue weighted by Crippen LogP contribution is -2.23. The van der Waals surface area contributed by atoms with Crippen LogP contribution in [0.5, 0.6) is 0 Å². The van der Waals surface area contributed by atoms with Crippen LogP contribution < -0.4 is 0 Å². The number of hydrogen-bond acceptors (Lipinski definition) is 3. The Bertz CT molecular complexity index is 340. The van der Waals surface area contributed by atoms with Crippen molar-refractivity contribution in [2.75, 3.05) is 13.2 Å². The van der Waals surface area contributed by atoms with Crippen molar-refractivity contribution in [1.82, 2.24) is 0 Å². The number of aliphatic hydroxyl groups excluding tert-OH is 2. The molecule has 0 aromatic heterocycles. The van der Waals surface area contributed by atoms with E-state index in [2.05, 4.69) is 13.8 Å². The van der Waals surface area contributed by atoms with Gasteiger partial charge >= 0.3 is 0 Å². The lowest BCUT2D eigenvalue weighted by molar-refractivity contribution is -0.0330. The third-order valence-electron chi connectivity index (χ3n) is 7.51. The Hall–Kier alpha value is -0.120. The van der Waals surface area contributed by atoms with Crippen molar-refractivity contribution < 1.29 is 14.9 Å². The number of aliphatic hydroxyl groups is 2. The SMILES string of the molecule is CCCCCCCCCCCC(CCCCO)OC(CCCCO)CCCCCCCCCCC. The van der Waals surface area contributed by atoms with Crippen LogP contribution in [0.1, 0.15) is 181 Å². The molecule has 3 nitrogen and oxygen atoms in total. The van der Waals surface area contributed by atoms with Crippen LogP contribution in [-0.4, -0.2) is 35.6 Å². The van der Waals surface area contributed by atoms with Crippen molar-refractivity contribution in [1.29, 1.82) is 0 Å². The molecule has 0 radical (unpaired) electrons. The maximum absolute atomic E-state index is 9.24. The Morgan fingerprint density at radius 2 is 0.629 bits per heavy atom. The highest BCUT2D eigenvalue weighted by molar-refractivity contribution is 4.67. The predicted octanol–water partition coefficient (Wildman–Crippen LogP) is 9.91. The van der Waals surface area contributed by atoms with Gasteiger partial charge in [-0.1, -0.05) is 129 Å². The zero-order valence-electron chi connectivity index (χ0n) is 24.3. The van der Waals surface area contributed by atoms with Crippen molar-refractivity contribution >= 4 is 0 Å². The minimum Gasteiger partial charge on any atom is -0.396 e. The number of hydrogen-bond donors (Lipinski definition) is 2. The highest BCUT2D eigenvalue weighted by Crippen LogP contribution is 2.22. The first-order valence-electron chi connectivity index (χ1n) is 16.2. The monoisotopic (exact) mass is 499 g/mol. The molecule has 212 valence electrons. The molecule has 0 bridgehead atoms. The number of unbranched alkanes of at least 4 members (excludes halogenated alkanes) is 18. The number of ether oxygens (including phenoxy) is 1. The smallest absolute Gasteiger partial charge is 0.0579 e. The third-order valence-corrected chi connectivity index (χ3v) is 7.51. The zero-order chi connectivity index (χ0) is 25.7. The second kappa shape index (κ2) is 30.1. The van der Waals surface area contributed by atoms with Gasteiger partial charge in [0.05, 0.1) is 12.2 Å². The summed E-state index contributed by atoms with van der Waals surface area (Å²) in [4.78, 5) is 0. The highest BCUT2D eigenvalue weighted by Gasteiger charge is 2.16. The molecule has 0 saturated heterocycles. The van der Waals surface area contributed by atoms with E-state index in [1.165, 1.54) is 128 Å². The molecule has 0 aliphatic carbocycles. The zero-order valence-corrected chi connectivity index (χ0v) is 24.3. The summed E-state index contributed by atoms with van der Waals surface area (Å²) in [5.41, 5.74) is 0. The van der Waals surface area contributed by atoms with E-state index < -0.39 is 0 Å². The molecule has 2 atom stereocenters. The molecule has 2 N–H and O–H groups in total. The van der Waals surface area contributed by atoms with E-state index in [9.17, 15) is 10.2 Å². The van der Waals surface area contributed by atoms with Gasteiger partial charge in [-0.25, -0.2) is 0 Å². The van der Waals surface area contributed by atoms with Crippen molar-refractivity contribution in [3.05, 3.63) is 0 Å². The molecule has 0 aliphatic rings. The van der Waals surface area contributed by atoms with Crippen molar-refractivity contribution in [3.8, 4) is 0 Å². The average Bonchev–Trinajstić information content (AvgIpc) is 2.86. The topological polar surface area (TPSA) is 49.7 Å². The van der Waals surface area contributed by atoms with Gasteiger partial charge in [-0.3, -0.25) is 0 Å². The van der Waals surface area contributed by atoms with Crippen LogP contribution in [0, 0.1) is 0 Å². The summed E-state index contributed by atoms with van der Waals surface area (Å²) in [6.07, 6.45) is 33.8. The maximum atomic E-state index is 9.24. The van der Waals surface area contributed by atoms with Crippen LogP contribution in [0.2, 0.25) is 0 Å². The van der Waals surface area contributed by atoms with E-state index in [0.29, 0.717) is 25.4 Å². The molecule has 0 aromatic carbocycles. The quantitative estimate of drug-likeness (QED) is 0.0968. The van der Waals surface area contributed by atoms with E-state index in [-0.39, 0.29) is 0 Å². The molecule has 0 aromatic rings. The molecule has 0 saturated carbocycles. The molecule has 3 heteroatoms. The van der Waals surface area contributed by atoms with Gasteiger partial charge in [0, 0.05) is 13.2 Å². The van der Waals surface area contributed by atoms with E-state index in [4.69, 9.17) is 4.74 Å². The Morgan fingerprint density at radius 1 is 0.371 bits per heavy atom. The van der Waals surface area contributed by atoms with Crippen LogP contribution in [0.15, 0.2) is 0 Å². The normalized spacial score (nSPS) is 13.4. The number of rotatable bonds is 30. The van der Waals surface area contributed by atoms with Crippen LogP contribution in [-0.2, 0) is 4.74 Å². The Morgan fingerprint density at radius 3 is 0.914 bits per heavy atom. The lowest BCUT2D eigenvalue weighted by atomic mass is 10.0.